The second-order valence-electron chi connectivity index (χ2n) is 20.8. The minimum absolute atomic E-state index is 0. The predicted octanol–water partition coefficient (Wildman–Crippen LogP) is 9.95. The largest absolute Gasteiger partial charge is 1.00 e. The fourth-order valence-electron chi connectivity index (χ4n) is 6.68. The smallest absolute Gasteiger partial charge is 0.870 e. The standard InChI is InChI=1S/C11H11F3O5S.C10H9F3O3.C10H9F3O2.C9H7F3O2.C9H8O3.C8H6O3.C4H9F3Si.CH3ClO2S.ClH.Li.H2O4S.H2O4.H2O3.O2.2H2O/c1-18-10(15)8-6-4-3-5-7(8)9(11(12,13)14)19-20(2,16)17;1-16-9(15)7-5-3-2-4-6(7)8(14)10(11,12)13;1-15-9(14)8-5-3-2-4-7(8)6-10(11,12)13;10-9(11,12)5-6-3-1-2-4-7(6)8(13)14;1-12-9(11)8-5-3-2-4-7(8)6-10;9-5-6-3-1-2-4-7(6)8(10)11;1-8(2,3)4(5,6)7;1-5(2,3)4;;;1-5(2,3)4;1-3-4-2;1-3-2;1-2;;/h3-6,9H,1-2H3;2-5,8,14H,1H3;2-5H,6H2,1H3;1-4H,5H2,(H,13,14);2-6H,1H3;1-5H,(H,10,11);1-3H3;1H3;1H;;(H2,1,2,3,4);1-2H;1-2H;;2*1H2/q;;;;;;;;;+1;;;;;;/p-1. The molecule has 57 heteroatoms. The number of rotatable bonds is 15. The number of halogens is 17. The van der Waals surface area contributed by atoms with Crippen molar-refractivity contribution in [3.63, 3.8) is 0 Å². The summed E-state index contributed by atoms with van der Waals surface area (Å²) in [6.45, 7) is 3.85. The van der Waals surface area contributed by atoms with Crippen LogP contribution in [0.25, 0.3) is 0 Å². The minimum Gasteiger partial charge on any atom is -0.870 e. The first-order valence-corrected chi connectivity index (χ1v) is 38.3. The minimum atomic E-state index is -5.01. The molecule has 2 atom stereocenters. The zero-order valence-corrected chi connectivity index (χ0v) is 67.1. The number of hydrogen-bond acceptors (Lipinski definition) is 30. The summed E-state index contributed by atoms with van der Waals surface area (Å²) >= 11 is 0. The zero-order valence-electron chi connectivity index (χ0n) is 62.0. The van der Waals surface area contributed by atoms with Crippen LogP contribution in [-0.4, -0.2) is 210 Å². The van der Waals surface area contributed by atoms with Crippen LogP contribution in [0.5, 0.6) is 0 Å². The number of aliphatic hydroxyl groups excluding tert-OH is 1. The van der Waals surface area contributed by atoms with Gasteiger partial charge in [-0.25, -0.2) is 58.2 Å². The Morgan fingerprint density at radius 3 is 0.958 bits per heavy atom. The summed E-state index contributed by atoms with van der Waals surface area (Å²) in [6, 6.07) is 32.6. The van der Waals surface area contributed by atoms with Gasteiger partial charge < -0.3 is 45.2 Å². The van der Waals surface area contributed by atoms with Crippen molar-refractivity contribution in [3.8, 4) is 0 Å². The molecule has 2 unspecified atom stereocenters. The van der Waals surface area contributed by atoms with Gasteiger partial charge in [0.25, 0.3) is 10.1 Å². The first-order valence-electron chi connectivity index (χ1n) is 28.8. The van der Waals surface area contributed by atoms with Gasteiger partial charge in [0.2, 0.25) is 9.05 Å². The topological polar surface area (TPSA) is 591 Å². The second kappa shape index (κ2) is 63.7. The van der Waals surface area contributed by atoms with Gasteiger partial charge >= 0.3 is 95.6 Å². The Morgan fingerprint density at radius 2 is 0.697 bits per heavy atom. The van der Waals surface area contributed by atoms with Crippen LogP contribution >= 0.6 is 23.1 Å². The Hall–Kier alpha value is -9.25. The van der Waals surface area contributed by atoms with E-state index in [0.29, 0.717) is 30.0 Å². The molecule has 0 aliphatic heterocycles. The molecule has 0 spiro atoms. The van der Waals surface area contributed by atoms with E-state index in [9.17, 15) is 121 Å². The fraction of sp³-hybridized carbons (Fsp3) is 0.290. The molecule has 6 rings (SSSR count). The second-order valence-corrected chi connectivity index (χ2v) is 31.4. The average molecular weight is 1860 g/mol. The number of methoxy groups -OCH3 is 4. The molecule has 672 valence electrons. The molecule has 12 N–H and O–H groups in total. The van der Waals surface area contributed by atoms with Crippen LogP contribution in [0.3, 0.4) is 0 Å². The SMILES string of the molecule is COC(=O)c1ccccc1C(O)C(F)(F)F.COC(=O)c1ccccc1C(OS(C)(=O)=O)C(F)(F)F.COC(=O)c1ccccc1C=O.COC(=O)c1ccccc1CC(F)(F)F.CS(=O)(=O)Cl.C[Si](C)(C)C(F)(F)F.Cl.O.O=C(O)c1ccccc1CC(F)(F)F.O=Cc1ccccc1C(=O)O.O=O.O=S(=O)(O)O.OOO.OOOO.[Li+].[OH-]. The first kappa shape index (κ1) is 130. The van der Waals surface area contributed by atoms with Crippen LogP contribution in [0.1, 0.15) is 117 Å². The van der Waals surface area contributed by atoms with Gasteiger partial charge in [0.05, 0.1) is 87.2 Å². The number of carboxylic acid groups (broad SMARTS) is 2. The van der Waals surface area contributed by atoms with E-state index in [1.54, 1.807) is 36.4 Å². The maximum Gasteiger partial charge on any atom is 1.00 e. The third kappa shape index (κ3) is 65.3. The van der Waals surface area contributed by atoms with E-state index < -0.39 is 146 Å². The number of aromatic carboxylic acids is 2. The van der Waals surface area contributed by atoms with Crippen molar-refractivity contribution in [1.29, 1.82) is 0 Å². The number of hydrogen-bond donors (Lipinski definition) is 9. The van der Waals surface area contributed by atoms with Gasteiger partial charge in [-0.15, -0.1) is 12.4 Å². The van der Waals surface area contributed by atoms with Crippen LogP contribution < -0.4 is 18.9 Å². The Kier molecular flexibility index (Phi) is 69.9. The van der Waals surface area contributed by atoms with Crippen molar-refractivity contribution < 1.29 is 243 Å². The van der Waals surface area contributed by atoms with Crippen molar-refractivity contribution >= 4 is 109 Å². The molecule has 0 bridgehead atoms. The summed E-state index contributed by atoms with van der Waals surface area (Å²) in [7, 11) is -6.13. The molecule has 6 aromatic carbocycles. The zero-order chi connectivity index (χ0) is 91.5. The number of carbonyl (C=O) groups excluding carboxylic acids is 6. The van der Waals surface area contributed by atoms with Gasteiger partial charge in [-0.05, 0) is 57.6 Å². The molecular formula is C62H72Cl2F15LiO35S3Si. The molecule has 6 aromatic rings. The Morgan fingerprint density at radius 1 is 0.462 bits per heavy atom. The van der Waals surface area contributed by atoms with Crippen LogP contribution in [0.4, 0.5) is 65.9 Å². The Balaban J connectivity index is -0.000000141. The van der Waals surface area contributed by atoms with Crippen LogP contribution in [0.15, 0.2) is 146 Å². The average Bonchev–Trinajstić information content (AvgIpc) is 0.804. The van der Waals surface area contributed by atoms with E-state index in [1.165, 1.54) is 99.5 Å². The molecule has 0 aromatic heterocycles. The monoisotopic (exact) mass is 1860 g/mol. The summed E-state index contributed by atoms with van der Waals surface area (Å²) in [5.41, 5.74) is -1.58. The molecule has 0 saturated heterocycles. The van der Waals surface area contributed by atoms with Gasteiger partial charge in [-0.2, -0.15) is 82.7 Å². The number of carbonyl (C=O) groups is 8. The number of benzene rings is 6. The van der Waals surface area contributed by atoms with E-state index in [0.717, 1.165) is 64.0 Å². The number of carboxylic acids is 2. The third-order valence-corrected chi connectivity index (χ3v) is 13.6. The third-order valence-electron chi connectivity index (χ3n) is 11.3. The number of ether oxygens (including phenoxy) is 4. The van der Waals surface area contributed by atoms with E-state index in [1.807, 2.05) is 0 Å². The molecule has 35 nitrogen and oxygen atoms in total. The van der Waals surface area contributed by atoms with E-state index in [-0.39, 0.29) is 81.2 Å². The Bertz CT molecular complexity index is 4260. The molecule has 0 heterocycles. The van der Waals surface area contributed by atoms with Gasteiger partial charge in [0.1, 0.15) is 0 Å². The number of esters is 4. The summed E-state index contributed by atoms with van der Waals surface area (Å²) in [5, 5.41) is 60.7. The van der Waals surface area contributed by atoms with Crippen molar-refractivity contribution in [2.45, 2.75) is 75.2 Å². The molecule has 0 radical (unpaired) electrons. The number of aliphatic hydroxyl groups is 1. The van der Waals surface area contributed by atoms with Gasteiger partial charge in [-0.3, -0.25) is 22.9 Å². The molecule has 0 aliphatic carbocycles. The molecular weight excluding hydrogens is 1790 g/mol. The molecule has 0 aliphatic rings. The van der Waals surface area contributed by atoms with Crippen molar-refractivity contribution in [2.75, 3.05) is 41.0 Å². The molecule has 0 saturated carbocycles. The quantitative estimate of drug-likeness (QED) is 0.00441. The van der Waals surface area contributed by atoms with Crippen LogP contribution in [0, 0.1) is 9.93 Å². The Labute approximate surface area is 687 Å². The normalized spacial score (nSPS) is 11.0. The first-order chi connectivity index (χ1) is 52.4. The van der Waals surface area contributed by atoms with Gasteiger partial charge in [0.15, 0.2) is 32.9 Å². The number of alkyl halides is 15. The van der Waals surface area contributed by atoms with E-state index in [2.05, 4.69) is 48.9 Å². The molecule has 0 fully saturated rings. The predicted molar refractivity (Wildman–Crippen MR) is 382 cm³/mol. The molecule has 119 heavy (non-hydrogen) atoms. The van der Waals surface area contributed by atoms with E-state index in [4.69, 9.17) is 63.8 Å². The van der Waals surface area contributed by atoms with Crippen molar-refractivity contribution in [1.82, 2.24) is 0 Å². The van der Waals surface area contributed by atoms with Crippen molar-refractivity contribution in [3.05, 3.63) is 222 Å². The summed E-state index contributed by atoms with van der Waals surface area (Å²) in [4.78, 5) is 100. The van der Waals surface area contributed by atoms with Gasteiger partial charge in [-0.1, -0.05) is 134 Å². The van der Waals surface area contributed by atoms with Crippen LogP contribution in [-0.2, 0) is 80.7 Å². The number of aldehydes is 2. The van der Waals surface area contributed by atoms with Crippen molar-refractivity contribution in [2.24, 2.45) is 0 Å². The van der Waals surface area contributed by atoms with E-state index >= 15 is 0 Å². The summed E-state index contributed by atoms with van der Waals surface area (Å²) in [5.74, 6) is -9.52. The van der Waals surface area contributed by atoms with Gasteiger partial charge in [0, 0.05) is 42.9 Å². The maximum absolute atomic E-state index is 12.9. The molecule has 0 amide bonds. The van der Waals surface area contributed by atoms with Crippen LogP contribution in [0.2, 0.25) is 19.6 Å². The summed E-state index contributed by atoms with van der Waals surface area (Å²) < 4.78 is 277. The summed E-state index contributed by atoms with van der Waals surface area (Å²) in [6.07, 6.45) is -23.8. The maximum atomic E-state index is 12.9. The fourth-order valence-corrected chi connectivity index (χ4v) is 7.24.